The average molecular weight is 184 g/mol. The molecule has 0 heterocycles. The number of nitrogens with two attached hydrogens (primary N) is 1. The van der Waals surface area contributed by atoms with Gasteiger partial charge in [0.2, 0.25) is 0 Å². The van der Waals surface area contributed by atoms with Crippen molar-refractivity contribution in [2.24, 2.45) is 17.7 Å². The van der Waals surface area contributed by atoms with Crippen LogP contribution in [-0.2, 0) is 4.74 Å². The molecular formula is C10H20N2O. The fraction of sp³-hybridized carbons (Fsp3) is 1.00. The average Bonchev–Trinajstić information content (AvgIpc) is 2.98. The van der Waals surface area contributed by atoms with E-state index in [2.05, 4.69) is 5.43 Å². The Kier molecular flexibility index (Phi) is 2.86. The van der Waals surface area contributed by atoms with Gasteiger partial charge in [0, 0.05) is 13.2 Å². The van der Waals surface area contributed by atoms with Gasteiger partial charge in [0.05, 0.1) is 6.10 Å². The van der Waals surface area contributed by atoms with Crippen LogP contribution in [0.4, 0.5) is 0 Å². The first kappa shape index (κ1) is 9.44. The van der Waals surface area contributed by atoms with E-state index >= 15 is 0 Å². The molecule has 2 rings (SSSR count). The lowest BCUT2D eigenvalue weighted by molar-refractivity contribution is 0.0466. The largest absolute Gasteiger partial charge is 0.379 e. The van der Waals surface area contributed by atoms with Crippen LogP contribution in [0.25, 0.3) is 0 Å². The van der Waals surface area contributed by atoms with Crippen LogP contribution in [0.2, 0.25) is 0 Å². The fourth-order valence-electron chi connectivity index (χ4n) is 2.12. The number of methoxy groups -OCH3 is 1. The molecule has 0 aromatic carbocycles. The zero-order chi connectivity index (χ0) is 9.26. The molecule has 0 aliphatic heterocycles. The van der Waals surface area contributed by atoms with Gasteiger partial charge in [0.1, 0.15) is 0 Å². The summed E-state index contributed by atoms with van der Waals surface area (Å²) < 4.78 is 5.51. The van der Waals surface area contributed by atoms with Crippen LogP contribution < -0.4 is 11.3 Å². The van der Waals surface area contributed by atoms with Crippen molar-refractivity contribution in [3.8, 4) is 0 Å². The Hall–Kier alpha value is -0.120. The third kappa shape index (κ3) is 2.42. The molecule has 3 N–H and O–H groups in total. The number of hydrogen-bond donors (Lipinski definition) is 2. The van der Waals surface area contributed by atoms with E-state index in [1.807, 2.05) is 0 Å². The number of ether oxygens (including phenoxy) is 1. The van der Waals surface area contributed by atoms with Crippen LogP contribution in [0.1, 0.15) is 32.1 Å². The molecule has 76 valence electrons. The summed E-state index contributed by atoms with van der Waals surface area (Å²) in [6.07, 6.45) is 6.97. The maximum atomic E-state index is 5.56. The third-order valence-corrected chi connectivity index (χ3v) is 3.25. The van der Waals surface area contributed by atoms with Crippen molar-refractivity contribution in [2.45, 2.75) is 44.2 Å². The molecule has 0 amide bonds. The van der Waals surface area contributed by atoms with Crippen LogP contribution in [0, 0.1) is 11.8 Å². The van der Waals surface area contributed by atoms with E-state index in [-0.39, 0.29) is 0 Å². The summed E-state index contributed by atoms with van der Waals surface area (Å²) in [5, 5.41) is 0. The maximum absolute atomic E-state index is 5.56. The summed E-state index contributed by atoms with van der Waals surface area (Å²) in [6.45, 7) is 0. The summed E-state index contributed by atoms with van der Waals surface area (Å²) >= 11 is 0. The van der Waals surface area contributed by atoms with Crippen molar-refractivity contribution in [2.75, 3.05) is 7.11 Å². The Morgan fingerprint density at radius 2 is 2.08 bits per heavy atom. The van der Waals surface area contributed by atoms with Gasteiger partial charge in [-0.2, -0.15) is 0 Å². The summed E-state index contributed by atoms with van der Waals surface area (Å²) in [5.74, 6) is 7.24. The normalized spacial score (nSPS) is 27.2. The monoisotopic (exact) mass is 184 g/mol. The van der Waals surface area contributed by atoms with Crippen LogP contribution in [0.15, 0.2) is 0 Å². The Morgan fingerprint density at radius 3 is 2.46 bits per heavy atom. The molecule has 3 nitrogen and oxygen atoms in total. The highest BCUT2D eigenvalue weighted by Crippen LogP contribution is 2.40. The molecule has 0 radical (unpaired) electrons. The minimum absolute atomic E-state index is 0.352. The Morgan fingerprint density at radius 1 is 1.38 bits per heavy atom. The highest BCUT2D eigenvalue weighted by atomic mass is 16.5. The highest BCUT2D eigenvalue weighted by Gasteiger charge is 2.38. The second-order valence-corrected chi connectivity index (χ2v) is 4.49. The first-order valence-corrected chi connectivity index (χ1v) is 5.34. The van der Waals surface area contributed by atoms with Gasteiger partial charge in [-0.25, -0.2) is 0 Å². The van der Waals surface area contributed by atoms with Crippen molar-refractivity contribution in [1.82, 2.24) is 5.43 Å². The molecule has 2 fully saturated rings. The number of hydrogen-bond acceptors (Lipinski definition) is 3. The van der Waals surface area contributed by atoms with Gasteiger partial charge in [-0.15, -0.1) is 0 Å². The smallest absolute Gasteiger partial charge is 0.0765 e. The number of hydrazine groups is 1. The molecule has 2 aliphatic rings. The summed E-state index contributed by atoms with van der Waals surface area (Å²) in [4.78, 5) is 0. The minimum atomic E-state index is 0.352. The Labute approximate surface area is 80.0 Å². The molecule has 0 aromatic heterocycles. The standard InChI is InChI=1S/C10H20N2O/c1-13-10(8-4-5-8)9(12-11)6-7-2-3-7/h7-10,12H,2-6,11H2,1H3. The lowest BCUT2D eigenvalue weighted by atomic mass is 10.0. The van der Waals surface area contributed by atoms with E-state index in [9.17, 15) is 0 Å². The molecule has 2 aliphatic carbocycles. The first-order valence-electron chi connectivity index (χ1n) is 5.34. The Balaban J connectivity index is 1.83. The van der Waals surface area contributed by atoms with Crippen molar-refractivity contribution in [3.63, 3.8) is 0 Å². The maximum Gasteiger partial charge on any atom is 0.0765 e. The summed E-state index contributed by atoms with van der Waals surface area (Å²) in [7, 11) is 1.81. The minimum Gasteiger partial charge on any atom is -0.379 e. The van der Waals surface area contributed by atoms with E-state index in [1.54, 1.807) is 7.11 Å². The van der Waals surface area contributed by atoms with Crippen LogP contribution in [0.3, 0.4) is 0 Å². The zero-order valence-electron chi connectivity index (χ0n) is 8.33. The molecule has 2 saturated carbocycles. The third-order valence-electron chi connectivity index (χ3n) is 3.25. The summed E-state index contributed by atoms with van der Waals surface area (Å²) in [6, 6.07) is 0.380. The van der Waals surface area contributed by atoms with Crippen LogP contribution >= 0.6 is 0 Å². The molecule has 0 spiro atoms. The van der Waals surface area contributed by atoms with Gasteiger partial charge < -0.3 is 4.74 Å². The molecule has 2 unspecified atom stereocenters. The molecule has 2 atom stereocenters. The van der Waals surface area contributed by atoms with Crippen molar-refractivity contribution in [1.29, 1.82) is 0 Å². The van der Waals surface area contributed by atoms with E-state index < -0.39 is 0 Å². The summed E-state index contributed by atoms with van der Waals surface area (Å²) in [5.41, 5.74) is 2.92. The number of rotatable bonds is 6. The predicted molar refractivity (Wildman–Crippen MR) is 52.0 cm³/mol. The van der Waals surface area contributed by atoms with Gasteiger partial charge in [0.25, 0.3) is 0 Å². The molecule has 0 saturated heterocycles. The van der Waals surface area contributed by atoms with Gasteiger partial charge in [-0.05, 0) is 31.1 Å². The second-order valence-electron chi connectivity index (χ2n) is 4.49. The van der Waals surface area contributed by atoms with E-state index in [1.165, 1.54) is 32.1 Å². The molecule has 13 heavy (non-hydrogen) atoms. The van der Waals surface area contributed by atoms with Crippen molar-refractivity contribution >= 4 is 0 Å². The van der Waals surface area contributed by atoms with Gasteiger partial charge >= 0.3 is 0 Å². The van der Waals surface area contributed by atoms with Gasteiger partial charge in [-0.1, -0.05) is 12.8 Å². The molecule has 0 aromatic rings. The second kappa shape index (κ2) is 3.95. The van der Waals surface area contributed by atoms with Crippen molar-refractivity contribution < 1.29 is 4.74 Å². The quantitative estimate of drug-likeness (QED) is 0.479. The van der Waals surface area contributed by atoms with Gasteiger partial charge in [0.15, 0.2) is 0 Å². The van der Waals surface area contributed by atoms with Crippen molar-refractivity contribution in [3.05, 3.63) is 0 Å². The van der Waals surface area contributed by atoms with E-state index in [0.29, 0.717) is 12.1 Å². The topological polar surface area (TPSA) is 47.3 Å². The fourth-order valence-corrected chi connectivity index (χ4v) is 2.12. The molecular weight excluding hydrogens is 164 g/mol. The lowest BCUT2D eigenvalue weighted by Crippen LogP contribution is -2.46. The molecule has 3 heteroatoms. The van der Waals surface area contributed by atoms with E-state index in [0.717, 1.165) is 11.8 Å². The lowest BCUT2D eigenvalue weighted by Gasteiger charge is -2.25. The predicted octanol–water partition coefficient (Wildman–Crippen LogP) is 1.04. The SMILES string of the molecule is COC(C1CC1)C(CC1CC1)NN. The van der Waals surface area contributed by atoms with Gasteiger partial charge in [-0.3, -0.25) is 11.3 Å². The Bertz CT molecular complexity index is 166. The zero-order valence-corrected chi connectivity index (χ0v) is 8.33. The van der Waals surface area contributed by atoms with E-state index in [4.69, 9.17) is 10.6 Å². The molecule has 0 bridgehead atoms. The highest BCUT2D eigenvalue weighted by molar-refractivity contribution is 4.92. The van der Waals surface area contributed by atoms with Crippen LogP contribution in [0.5, 0.6) is 0 Å². The van der Waals surface area contributed by atoms with Crippen LogP contribution in [-0.4, -0.2) is 19.3 Å². The first-order chi connectivity index (χ1) is 6.35. The number of nitrogens with one attached hydrogen (secondary N) is 1.